The molecule has 4 fully saturated rings. The number of ketones is 1. The third-order valence-corrected chi connectivity index (χ3v) is 8.76. The van der Waals surface area contributed by atoms with Gasteiger partial charge in [-0.25, -0.2) is 14.6 Å². The number of aromatic nitrogens is 2. The van der Waals surface area contributed by atoms with Crippen LogP contribution in [0.1, 0.15) is 98.6 Å². The monoisotopic (exact) mass is 686 g/mol. The van der Waals surface area contributed by atoms with E-state index in [0.29, 0.717) is 31.4 Å². The van der Waals surface area contributed by atoms with Gasteiger partial charge in [-0.2, -0.15) is 0 Å². The number of ether oxygens (including phenoxy) is 2. The standard InChI is InChI=1S/C17H24N2O3.C12H19NO3.C5H4BrN/c1-16(2,3)22-15(20)19-12-7-8-13(19)11-17(21,10-12)14-6-4-5-9-18-14;1-12(2,3)16-11(15)13-8-4-5-9(13)7-10(14)6-8;6-5-3-1-2-4-7-5/h4-6,9,12-13,21H,7-8,10-11H2,1-3H3;8-9H,4-7H2,1-3H3;1-4H. The summed E-state index contributed by atoms with van der Waals surface area (Å²) < 4.78 is 11.8. The van der Waals surface area contributed by atoms with E-state index < -0.39 is 16.8 Å². The summed E-state index contributed by atoms with van der Waals surface area (Å²) in [5.74, 6) is 0.285. The number of hydrogen-bond donors (Lipinski definition) is 1. The Kier molecular flexibility index (Phi) is 11.0. The number of piperidine rings is 2. The molecule has 4 aliphatic rings. The molecule has 4 bridgehead atoms. The molecule has 246 valence electrons. The van der Waals surface area contributed by atoms with Gasteiger partial charge in [0, 0.05) is 62.2 Å². The van der Waals surface area contributed by atoms with Crippen LogP contribution >= 0.6 is 15.9 Å². The average Bonchev–Trinajstić information content (AvgIpc) is 3.39. The van der Waals surface area contributed by atoms with Gasteiger partial charge in [0.25, 0.3) is 0 Å². The molecular weight excluding hydrogens is 640 g/mol. The average molecular weight is 688 g/mol. The van der Waals surface area contributed by atoms with Gasteiger partial charge in [0.2, 0.25) is 0 Å². The topological polar surface area (TPSA) is 122 Å². The van der Waals surface area contributed by atoms with Gasteiger partial charge in [-0.15, -0.1) is 0 Å². The minimum absolute atomic E-state index is 0.0283. The van der Waals surface area contributed by atoms with Gasteiger partial charge >= 0.3 is 12.2 Å². The van der Waals surface area contributed by atoms with Crippen LogP contribution in [0.4, 0.5) is 9.59 Å². The number of carbonyl (C=O) groups is 3. The van der Waals surface area contributed by atoms with E-state index in [9.17, 15) is 19.5 Å². The number of nitrogens with zero attached hydrogens (tertiary/aromatic N) is 4. The maximum atomic E-state index is 12.4. The van der Waals surface area contributed by atoms with Crippen LogP contribution in [-0.4, -0.2) is 78.2 Å². The number of hydrogen-bond acceptors (Lipinski definition) is 8. The van der Waals surface area contributed by atoms with Crippen LogP contribution in [0, 0.1) is 0 Å². The van der Waals surface area contributed by atoms with E-state index >= 15 is 0 Å². The third-order valence-electron chi connectivity index (χ3n) is 8.29. The van der Waals surface area contributed by atoms with Gasteiger partial charge in [-0.1, -0.05) is 12.1 Å². The lowest BCUT2D eigenvalue weighted by molar-refractivity contribution is -0.123. The number of aliphatic hydroxyl groups is 1. The fourth-order valence-electron chi connectivity index (χ4n) is 6.61. The van der Waals surface area contributed by atoms with E-state index in [4.69, 9.17) is 9.47 Å². The quantitative estimate of drug-likeness (QED) is 0.325. The van der Waals surface area contributed by atoms with E-state index in [0.717, 1.165) is 30.3 Å². The zero-order valence-corrected chi connectivity index (χ0v) is 28.8. The first-order chi connectivity index (χ1) is 21.0. The summed E-state index contributed by atoms with van der Waals surface area (Å²) in [7, 11) is 0. The first kappa shape index (κ1) is 34.8. The summed E-state index contributed by atoms with van der Waals surface area (Å²) in [5.41, 5.74) is -1.19. The molecule has 0 aromatic carbocycles. The molecule has 0 saturated carbocycles. The van der Waals surface area contributed by atoms with Crippen LogP contribution < -0.4 is 0 Å². The molecule has 6 rings (SSSR count). The summed E-state index contributed by atoms with van der Waals surface area (Å²) in [6.45, 7) is 11.2. The van der Waals surface area contributed by atoms with Crippen LogP contribution in [0.5, 0.6) is 0 Å². The minimum atomic E-state index is -0.939. The Bertz CT molecular complexity index is 1280. The molecule has 0 aliphatic carbocycles. The zero-order chi connectivity index (χ0) is 33.0. The first-order valence-corrected chi connectivity index (χ1v) is 16.6. The predicted octanol–water partition coefficient (Wildman–Crippen LogP) is 6.79. The van der Waals surface area contributed by atoms with Crippen molar-refractivity contribution < 1.29 is 29.0 Å². The number of Topliss-reactive ketones (excluding diaryl/α,β-unsaturated/α-hetero) is 1. The molecule has 45 heavy (non-hydrogen) atoms. The van der Waals surface area contributed by atoms with Crippen LogP contribution in [0.15, 0.2) is 53.4 Å². The second-order valence-electron chi connectivity index (χ2n) is 14.3. The smallest absolute Gasteiger partial charge is 0.410 e. The lowest BCUT2D eigenvalue weighted by Crippen LogP contribution is -2.53. The summed E-state index contributed by atoms with van der Waals surface area (Å²) in [4.78, 5) is 47.6. The van der Waals surface area contributed by atoms with E-state index in [1.807, 2.05) is 82.8 Å². The van der Waals surface area contributed by atoms with Gasteiger partial charge < -0.3 is 24.4 Å². The molecule has 11 heteroatoms. The molecule has 0 radical (unpaired) electrons. The number of amides is 2. The molecule has 4 atom stereocenters. The maximum Gasteiger partial charge on any atom is 0.410 e. The van der Waals surface area contributed by atoms with E-state index in [1.54, 1.807) is 17.3 Å². The Morgan fingerprint density at radius 3 is 1.60 bits per heavy atom. The third kappa shape index (κ3) is 9.48. The van der Waals surface area contributed by atoms with Crippen molar-refractivity contribution in [1.82, 2.24) is 19.8 Å². The molecule has 4 aliphatic heterocycles. The highest BCUT2D eigenvalue weighted by atomic mass is 79.9. The van der Waals surface area contributed by atoms with Crippen molar-refractivity contribution in [3.05, 3.63) is 59.1 Å². The van der Waals surface area contributed by atoms with E-state index in [1.165, 1.54) is 0 Å². The summed E-state index contributed by atoms with van der Waals surface area (Å²) in [5, 5.41) is 11.0. The fraction of sp³-hybridized carbons (Fsp3) is 0.618. The van der Waals surface area contributed by atoms with Gasteiger partial charge in [-0.05, 0) is 107 Å². The zero-order valence-electron chi connectivity index (χ0n) is 27.2. The highest BCUT2D eigenvalue weighted by Gasteiger charge is 2.51. The Morgan fingerprint density at radius 2 is 1.22 bits per heavy atom. The van der Waals surface area contributed by atoms with Crippen molar-refractivity contribution in [2.45, 2.75) is 134 Å². The molecule has 4 unspecified atom stereocenters. The van der Waals surface area contributed by atoms with Gasteiger partial charge in [-0.3, -0.25) is 9.78 Å². The molecular formula is C34H47BrN4O6. The second-order valence-corrected chi connectivity index (χ2v) is 15.1. The molecule has 6 heterocycles. The largest absolute Gasteiger partial charge is 0.444 e. The molecule has 2 aromatic heterocycles. The summed E-state index contributed by atoms with van der Waals surface area (Å²) >= 11 is 3.20. The molecule has 2 aromatic rings. The number of rotatable bonds is 1. The van der Waals surface area contributed by atoms with E-state index in [-0.39, 0.29) is 42.1 Å². The highest BCUT2D eigenvalue weighted by Crippen LogP contribution is 2.45. The molecule has 4 saturated heterocycles. The van der Waals surface area contributed by atoms with Gasteiger partial charge in [0.15, 0.2) is 0 Å². The van der Waals surface area contributed by atoms with Gasteiger partial charge in [0.1, 0.15) is 27.2 Å². The molecule has 1 N–H and O–H groups in total. The number of pyridine rings is 2. The Balaban J connectivity index is 0.000000174. The van der Waals surface area contributed by atoms with E-state index in [2.05, 4.69) is 25.9 Å². The molecule has 0 spiro atoms. The Labute approximate surface area is 275 Å². The SMILES string of the molecule is Brc1ccccn1.CC(C)(C)OC(=O)N1C2CCC1CC(=O)C2.CC(C)(C)OC(=O)N1C2CCC1CC(O)(c1ccccn1)C2. The Hall–Kier alpha value is -3.05. The van der Waals surface area contributed by atoms with Crippen LogP contribution in [0.3, 0.4) is 0 Å². The number of halogens is 1. The van der Waals surface area contributed by atoms with Crippen molar-refractivity contribution in [3.8, 4) is 0 Å². The highest BCUT2D eigenvalue weighted by molar-refractivity contribution is 9.10. The van der Waals surface area contributed by atoms with Crippen molar-refractivity contribution in [2.75, 3.05) is 0 Å². The van der Waals surface area contributed by atoms with Crippen molar-refractivity contribution in [3.63, 3.8) is 0 Å². The van der Waals surface area contributed by atoms with Crippen LogP contribution in [0.2, 0.25) is 0 Å². The first-order valence-electron chi connectivity index (χ1n) is 15.8. The maximum absolute atomic E-state index is 12.4. The van der Waals surface area contributed by atoms with Crippen LogP contribution in [-0.2, 0) is 19.9 Å². The van der Waals surface area contributed by atoms with Crippen molar-refractivity contribution in [1.29, 1.82) is 0 Å². The van der Waals surface area contributed by atoms with Crippen molar-refractivity contribution >= 4 is 33.9 Å². The second kappa shape index (κ2) is 14.2. The lowest BCUT2D eigenvalue weighted by Gasteiger charge is -2.43. The lowest BCUT2D eigenvalue weighted by atomic mass is 9.83. The minimum Gasteiger partial charge on any atom is -0.444 e. The normalized spacial score (nSPS) is 27.1. The van der Waals surface area contributed by atoms with Crippen molar-refractivity contribution in [2.24, 2.45) is 0 Å². The fourth-order valence-corrected chi connectivity index (χ4v) is 6.88. The number of fused-ring (bicyclic) bond motifs is 4. The molecule has 10 nitrogen and oxygen atoms in total. The Morgan fingerprint density at radius 1 is 0.778 bits per heavy atom. The summed E-state index contributed by atoms with van der Waals surface area (Å²) in [6, 6.07) is 11.5. The number of carbonyl (C=O) groups excluding carboxylic acids is 3. The van der Waals surface area contributed by atoms with Gasteiger partial charge in [0.05, 0.1) is 5.69 Å². The molecule has 2 amide bonds. The summed E-state index contributed by atoms with van der Waals surface area (Å²) in [6.07, 6.45) is 8.71. The predicted molar refractivity (Wildman–Crippen MR) is 173 cm³/mol. The van der Waals surface area contributed by atoms with Crippen LogP contribution in [0.25, 0.3) is 0 Å².